The van der Waals surface area contributed by atoms with Gasteiger partial charge >= 0.3 is 0 Å². The first-order valence-electron chi connectivity index (χ1n) is 5.76. The number of rotatable bonds is 3. The lowest BCUT2D eigenvalue weighted by molar-refractivity contribution is 0.174. The van der Waals surface area contributed by atoms with Crippen LogP contribution in [0.3, 0.4) is 0 Å². The number of aromatic amines is 1. The van der Waals surface area contributed by atoms with Gasteiger partial charge in [-0.1, -0.05) is 11.6 Å². The van der Waals surface area contributed by atoms with Crippen LogP contribution in [0.25, 0.3) is 0 Å². The molecule has 0 saturated carbocycles. The second-order valence-electron chi connectivity index (χ2n) is 4.19. The van der Waals surface area contributed by atoms with Crippen LogP contribution < -0.4 is 19.8 Å². The lowest BCUT2D eigenvalue weighted by atomic mass is 10.3. The van der Waals surface area contributed by atoms with Gasteiger partial charge in [-0.05, 0) is 18.2 Å². The van der Waals surface area contributed by atoms with Crippen LogP contribution in [0.5, 0.6) is 11.5 Å². The molecule has 0 bridgehead atoms. The van der Waals surface area contributed by atoms with E-state index in [-0.39, 0.29) is 16.7 Å². The summed E-state index contributed by atoms with van der Waals surface area (Å²) in [6, 6.07) is 5.72. The highest BCUT2D eigenvalue weighted by Crippen LogP contribution is 2.34. The molecule has 2 heterocycles. The molecule has 0 aliphatic carbocycles. The van der Waals surface area contributed by atoms with E-state index < -0.39 is 15.6 Å². The van der Waals surface area contributed by atoms with Crippen molar-refractivity contribution in [2.45, 2.75) is 4.90 Å². The van der Waals surface area contributed by atoms with E-state index >= 15 is 0 Å². The van der Waals surface area contributed by atoms with Crippen molar-refractivity contribution in [3.8, 4) is 11.5 Å². The molecule has 110 valence electrons. The largest absolute Gasteiger partial charge is 0.454 e. The Kier molecular flexibility index (Phi) is 3.26. The van der Waals surface area contributed by atoms with E-state index in [0.29, 0.717) is 17.2 Å². The number of ether oxygens (including phenoxy) is 2. The van der Waals surface area contributed by atoms with Gasteiger partial charge in [0.2, 0.25) is 6.79 Å². The van der Waals surface area contributed by atoms with Crippen molar-refractivity contribution in [1.29, 1.82) is 0 Å². The van der Waals surface area contributed by atoms with Crippen LogP contribution >= 0.6 is 11.6 Å². The molecule has 1 aromatic heterocycles. The molecule has 21 heavy (non-hydrogen) atoms. The molecule has 1 aliphatic rings. The maximum Gasteiger partial charge on any atom is 0.266 e. The number of hydrogen-bond donors (Lipinski definition) is 2. The molecule has 0 atom stereocenters. The number of aromatic nitrogens is 1. The van der Waals surface area contributed by atoms with Crippen molar-refractivity contribution >= 4 is 27.3 Å². The molecule has 9 heteroatoms. The van der Waals surface area contributed by atoms with Gasteiger partial charge in [-0.2, -0.15) is 0 Å². The van der Waals surface area contributed by atoms with Crippen molar-refractivity contribution in [2.24, 2.45) is 0 Å². The van der Waals surface area contributed by atoms with E-state index in [1.807, 2.05) is 0 Å². The number of anilines is 1. The first-order chi connectivity index (χ1) is 9.95. The summed E-state index contributed by atoms with van der Waals surface area (Å²) in [6.45, 7) is 0.0983. The van der Waals surface area contributed by atoms with Crippen molar-refractivity contribution in [3.05, 3.63) is 45.8 Å². The van der Waals surface area contributed by atoms with E-state index in [0.717, 1.165) is 12.3 Å². The minimum absolute atomic E-state index is 0.0983. The Morgan fingerprint density at radius 1 is 1.19 bits per heavy atom. The molecular formula is C12H9ClN2O5S. The number of hydrogen-bond acceptors (Lipinski definition) is 5. The van der Waals surface area contributed by atoms with E-state index in [1.54, 1.807) is 12.1 Å². The van der Waals surface area contributed by atoms with Crippen molar-refractivity contribution in [2.75, 3.05) is 11.5 Å². The second-order valence-corrected chi connectivity index (χ2v) is 6.28. The zero-order valence-corrected chi connectivity index (χ0v) is 12.0. The van der Waals surface area contributed by atoms with Crippen LogP contribution in [0.15, 0.2) is 40.2 Å². The summed E-state index contributed by atoms with van der Waals surface area (Å²) in [5.41, 5.74) is -0.250. The molecule has 0 radical (unpaired) electrons. The number of nitrogens with one attached hydrogen (secondary N) is 2. The highest BCUT2D eigenvalue weighted by molar-refractivity contribution is 7.92. The fourth-order valence-corrected chi connectivity index (χ4v) is 3.05. The molecule has 2 N–H and O–H groups in total. The first kappa shape index (κ1) is 13.8. The van der Waals surface area contributed by atoms with Crippen LogP contribution in [-0.2, 0) is 10.0 Å². The van der Waals surface area contributed by atoms with E-state index in [4.69, 9.17) is 21.1 Å². The molecular weight excluding hydrogens is 320 g/mol. The average Bonchev–Trinajstić information content (AvgIpc) is 2.88. The molecule has 2 aromatic rings. The number of H-pyrrole nitrogens is 1. The lowest BCUT2D eigenvalue weighted by Crippen LogP contribution is -2.16. The Bertz CT molecular complexity index is 862. The molecule has 0 unspecified atom stereocenters. The van der Waals surface area contributed by atoms with E-state index in [9.17, 15) is 13.2 Å². The third-order valence-corrected chi connectivity index (χ3v) is 4.41. The molecule has 1 aromatic carbocycles. The van der Waals surface area contributed by atoms with Gasteiger partial charge in [0.1, 0.15) is 9.92 Å². The maximum atomic E-state index is 12.2. The van der Waals surface area contributed by atoms with Crippen LogP contribution in [-0.4, -0.2) is 20.2 Å². The Morgan fingerprint density at radius 3 is 2.71 bits per heavy atom. The van der Waals surface area contributed by atoms with E-state index in [1.165, 1.54) is 6.07 Å². The summed E-state index contributed by atoms with van der Waals surface area (Å²) in [7, 11) is -3.87. The lowest BCUT2D eigenvalue weighted by Gasteiger charge is -2.08. The molecule has 1 aliphatic heterocycles. The summed E-state index contributed by atoms with van der Waals surface area (Å²) >= 11 is 5.63. The summed E-state index contributed by atoms with van der Waals surface area (Å²) in [5.74, 6) is 1.000. The Hall–Kier alpha value is -2.19. The zero-order chi connectivity index (χ0) is 15.0. The third kappa shape index (κ3) is 2.67. The van der Waals surface area contributed by atoms with Crippen LogP contribution in [0, 0.1) is 0 Å². The van der Waals surface area contributed by atoms with Crippen LogP contribution in [0.4, 0.5) is 5.69 Å². The monoisotopic (exact) mass is 328 g/mol. The third-order valence-electron chi connectivity index (χ3n) is 2.77. The standard InChI is InChI=1S/C12H9ClN2O5S/c13-9-4-8(5-14-12(9)16)21(17,18)15-7-1-2-10-11(3-7)20-6-19-10/h1-5,15H,6H2,(H,14,16). The van der Waals surface area contributed by atoms with Gasteiger partial charge in [-0.15, -0.1) is 0 Å². The zero-order valence-electron chi connectivity index (χ0n) is 10.4. The molecule has 0 amide bonds. The number of benzene rings is 1. The van der Waals surface area contributed by atoms with E-state index in [2.05, 4.69) is 9.71 Å². The summed E-state index contributed by atoms with van der Waals surface area (Å²) in [6.07, 6.45) is 1.07. The van der Waals surface area contributed by atoms with Gasteiger partial charge < -0.3 is 14.5 Å². The maximum absolute atomic E-state index is 12.2. The molecule has 0 fully saturated rings. The summed E-state index contributed by atoms with van der Waals surface area (Å²) < 4.78 is 37.1. The summed E-state index contributed by atoms with van der Waals surface area (Å²) in [4.78, 5) is 13.3. The van der Waals surface area contributed by atoms with Gasteiger partial charge in [-0.3, -0.25) is 9.52 Å². The predicted molar refractivity (Wildman–Crippen MR) is 75.4 cm³/mol. The SMILES string of the molecule is O=c1[nH]cc(S(=O)(=O)Nc2ccc3c(c2)OCO3)cc1Cl. The number of fused-ring (bicyclic) bond motifs is 1. The number of pyridine rings is 1. The minimum Gasteiger partial charge on any atom is -0.454 e. The van der Waals surface area contributed by atoms with Gasteiger partial charge in [0.25, 0.3) is 15.6 Å². The van der Waals surface area contributed by atoms with Crippen LogP contribution in [0.1, 0.15) is 0 Å². The quantitative estimate of drug-likeness (QED) is 0.891. The highest BCUT2D eigenvalue weighted by Gasteiger charge is 2.18. The Labute approximate surface area is 124 Å². The van der Waals surface area contributed by atoms with Crippen molar-refractivity contribution < 1.29 is 17.9 Å². The summed E-state index contributed by atoms with van der Waals surface area (Å²) in [5, 5.41) is -0.205. The highest BCUT2D eigenvalue weighted by atomic mass is 35.5. The first-order valence-corrected chi connectivity index (χ1v) is 7.62. The van der Waals surface area contributed by atoms with Crippen molar-refractivity contribution in [3.63, 3.8) is 0 Å². The van der Waals surface area contributed by atoms with Gasteiger partial charge in [0.15, 0.2) is 11.5 Å². The fraction of sp³-hybridized carbons (Fsp3) is 0.0833. The fourth-order valence-electron chi connectivity index (χ4n) is 1.77. The van der Waals surface area contributed by atoms with Gasteiger partial charge in [0, 0.05) is 12.3 Å². The average molecular weight is 329 g/mol. The number of halogens is 1. The smallest absolute Gasteiger partial charge is 0.266 e. The molecule has 0 spiro atoms. The van der Waals surface area contributed by atoms with Crippen molar-refractivity contribution in [1.82, 2.24) is 4.98 Å². The van der Waals surface area contributed by atoms with Gasteiger partial charge in [-0.25, -0.2) is 8.42 Å². The Morgan fingerprint density at radius 2 is 1.95 bits per heavy atom. The minimum atomic E-state index is -3.87. The topological polar surface area (TPSA) is 97.5 Å². The predicted octanol–water partition coefficient (Wildman–Crippen LogP) is 1.56. The Balaban J connectivity index is 1.92. The number of sulfonamides is 1. The normalized spacial score (nSPS) is 13.2. The second kappa shape index (κ2) is 4.97. The molecule has 7 nitrogen and oxygen atoms in total. The molecule has 0 saturated heterocycles. The van der Waals surface area contributed by atoms with Crippen LogP contribution in [0.2, 0.25) is 5.02 Å². The van der Waals surface area contributed by atoms with Gasteiger partial charge in [0.05, 0.1) is 5.69 Å². The molecule has 3 rings (SSSR count).